The Balaban J connectivity index is 2.40. The molecule has 0 bridgehead atoms. The zero-order valence-corrected chi connectivity index (χ0v) is 13.3. The summed E-state index contributed by atoms with van der Waals surface area (Å²) in [4.78, 5) is 0.415. The lowest BCUT2D eigenvalue weighted by atomic mass is 10.0. The summed E-state index contributed by atoms with van der Waals surface area (Å²) in [6.07, 6.45) is 0. The van der Waals surface area contributed by atoms with Crippen LogP contribution >= 0.6 is 15.9 Å². The number of hydrogen-bond donors (Lipinski definition) is 0. The van der Waals surface area contributed by atoms with Crippen LogP contribution < -0.4 is 0 Å². The number of nitrogens with zero attached hydrogens (tertiary/aromatic N) is 1. The van der Waals surface area contributed by atoms with Gasteiger partial charge in [-0.3, -0.25) is 0 Å². The molecule has 0 aliphatic carbocycles. The first kappa shape index (κ1) is 14.0. The third-order valence-electron chi connectivity index (χ3n) is 3.72. The first-order chi connectivity index (χ1) is 8.32. The van der Waals surface area contributed by atoms with E-state index in [0.29, 0.717) is 29.8 Å². The number of sulfonamides is 1. The van der Waals surface area contributed by atoms with E-state index in [0.717, 1.165) is 10.0 Å². The van der Waals surface area contributed by atoms with Crippen molar-refractivity contribution >= 4 is 26.0 Å². The summed E-state index contributed by atoms with van der Waals surface area (Å²) in [7, 11) is -3.35. The quantitative estimate of drug-likeness (QED) is 0.835. The van der Waals surface area contributed by atoms with Crippen molar-refractivity contribution in [1.82, 2.24) is 4.31 Å². The molecule has 2 rings (SSSR count). The molecule has 0 saturated carbocycles. The minimum absolute atomic E-state index is 0.415. The first-order valence-corrected chi connectivity index (χ1v) is 8.32. The molecule has 1 aliphatic rings. The highest BCUT2D eigenvalue weighted by Gasteiger charge is 2.35. The molecule has 2 atom stereocenters. The van der Waals surface area contributed by atoms with Gasteiger partial charge in [-0.1, -0.05) is 35.8 Å². The van der Waals surface area contributed by atoms with Gasteiger partial charge >= 0.3 is 0 Å². The van der Waals surface area contributed by atoms with Crippen molar-refractivity contribution in [3.63, 3.8) is 0 Å². The molecule has 5 heteroatoms. The summed E-state index contributed by atoms with van der Waals surface area (Å²) in [6, 6.07) is 5.39. The summed E-state index contributed by atoms with van der Waals surface area (Å²) in [5, 5.41) is 0. The number of halogens is 1. The fourth-order valence-electron chi connectivity index (χ4n) is 2.26. The normalized spacial score (nSPS) is 25.6. The van der Waals surface area contributed by atoms with E-state index in [1.165, 1.54) is 0 Å². The van der Waals surface area contributed by atoms with Gasteiger partial charge < -0.3 is 0 Å². The molecule has 18 heavy (non-hydrogen) atoms. The van der Waals surface area contributed by atoms with Gasteiger partial charge in [0, 0.05) is 17.6 Å². The average Bonchev–Trinajstić information content (AvgIpc) is 2.63. The van der Waals surface area contributed by atoms with Gasteiger partial charge in [0.15, 0.2) is 0 Å². The topological polar surface area (TPSA) is 37.4 Å². The number of rotatable bonds is 2. The molecule has 3 nitrogen and oxygen atoms in total. The number of benzene rings is 1. The van der Waals surface area contributed by atoms with Gasteiger partial charge in [0.25, 0.3) is 0 Å². The van der Waals surface area contributed by atoms with E-state index in [1.54, 1.807) is 10.4 Å². The van der Waals surface area contributed by atoms with Gasteiger partial charge in [0.1, 0.15) is 0 Å². The molecule has 1 saturated heterocycles. The van der Waals surface area contributed by atoms with Crippen molar-refractivity contribution < 1.29 is 8.42 Å². The molecular formula is C13H18BrNO2S. The average molecular weight is 332 g/mol. The van der Waals surface area contributed by atoms with Gasteiger partial charge in [0.2, 0.25) is 10.0 Å². The Labute approximate surface area is 117 Å². The van der Waals surface area contributed by atoms with Crippen LogP contribution in [0, 0.1) is 18.8 Å². The van der Waals surface area contributed by atoms with Gasteiger partial charge in [-0.2, -0.15) is 4.31 Å². The number of hydrogen-bond acceptors (Lipinski definition) is 2. The molecule has 1 aromatic rings. The molecule has 0 N–H and O–H groups in total. The Morgan fingerprint density at radius 2 is 1.78 bits per heavy atom. The standard InChI is InChI=1S/C13H18BrNO2S/c1-9-4-5-12(14)6-13(9)18(16,17)15-7-10(2)11(3)8-15/h4-6,10-11H,7-8H2,1-3H3. The van der Waals surface area contributed by atoms with Crippen LogP contribution in [-0.2, 0) is 10.0 Å². The van der Waals surface area contributed by atoms with Crippen molar-refractivity contribution in [2.24, 2.45) is 11.8 Å². The lowest BCUT2D eigenvalue weighted by Gasteiger charge is -2.18. The molecule has 2 unspecified atom stereocenters. The SMILES string of the molecule is Cc1ccc(Br)cc1S(=O)(=O)N1CC(C)C(C)C1. The van der Waals surface area contributed by atoms with Crippen LogP contribution in [0.25, 0.3) is 0 Å². The van der Waals surface area contributed by atoms with Crippen LogP contribution in [0.2, 0.25) is 0 Å². The van der Waals surface area contributed by atoms with Crippen molar-refractivity contribution in [3.8, 4) is 0 Å². The third kappa shape index (κ3) is 2.49. The summed E-state index contributed by atoms with van der Waals surface area (Å²) < 4.78 is 27.6. The van der Waals surface area contributed by atoms with Crippen LogP contribution in [0.4, 0.5) is 0 Å². The van der Waals surface area contributed by atoms with E-state index in [-0.39, 0.29) is 0 Å². The maximum absolute atomic E-state index is 12.6. The van der Waals surface area contributed by atoms with E-state index in [1.807, 2.05) is 19.1 Å². The minimum atomic E-state index is -3.35. The largest absolute Gasteiger partial charge is 0.243 e. The molecule has 1 aliphatic heterocycles. The lowest BCUT2D eigenvalue weighted by molar-refractivity contribution is 0.463. The van der Waals surface area contributed by atoms with E-state index >= 15 is 0 Å². The fraction of sp³-hybridized carbons (Fsp3) is 0.538. The van der Waals surface area contributed by atoms with Crippen LogP contribution in [0.3, 0.4) is 0 Å². The van der Waals surface area contributed by atoms with Crippen LogP contribution in [0.15, 0.2) is 27.6 Å². The summed E-state index contributed by atoms with van der Waals surface area (Å²) in [6.45, 7) is 7.29. The number of aryl methyl sites for hydroxylation is 1. The molecule has 1 heterocycles. The van der Waals surface area contributed by atoms with E-state index < -0.39 is 10.0 Å². The van der Waals surface area contributed by atoms with Gasteiger partial charge in [-0.15, -0.1) is 0 Å². The minimum Gasteiger partial charge on any atom is -0.207 e. The van der Waals surface area contributed by atoms with Gasteiger partial charge in [-0.25, -0.2) is 8.42 Å². The second-order valence-electron chi connectivity index (χ2n) is 5.19. The van der Waals surface area contributed by atoms with E-state index in [2.05, 4.69) is 29.8 Å². The fourth-order valence-corrected chi connectivity index (χ4v) is 4.67. The second kappa shape index (κ2) is 4.94. The molecule has 0 amide bonds. The van der Waals surface area contributed by atoms with Crippen LogP contribution in [-0.4, -0.2) is 25.8 Å². The third-order valence-corrected chi connectivity index (χ3v) is 6.19. The molecule has 0 aromatic heterocycles. The molecule has 0 spiro atoms. The Morgan fingerprint density at radius 3 is 2.33 bits per heavy atom. The Kier molecular flexibility index (Phi) is 3.85. The van der Waals surface area contributed by atoms with Crippen molar-refractivity contribution in [1.29, 1.82) is 0 Å². The molecular weight excluding hydrogens is 314 g/mol. The Hall–Kier alpha value is -0.390. The van der Waals surface area contributed by atoms with Crippen LogP contribution in [0.1, 0.15) is 19.4 Å². The highest BCUT2D eigenvalue weighted by Crippen LogP contribution is 2.30. The maximum atomic E-state index is 12.6. The van der Waals surface area contributed by atoms with E-state index in [4.69, 9.17) is 0 Å². The lowest BCUT2D eigenvalue weighted by Crippen LogP contribution is -2.29. The van der Waals surface area contributed by atoms with Crippen molar-refractivity contribution in [2.75, 3.05) is 13.1 Å². The Bertz CT molecular complexity index is 546. The molecule has 0 radical (unpaired) electrons. The predicted octanol–water partition coefficient (Wildman–Crippen LogP) is 3.03. The predicted molar refractivity (Wildman–Crippen MR) is 76.0 cm³/mol. The summed E-state index contributed by atoms with van der Waals surface area (Å²) in [5.74, 6) is 0.847. The Morgan fingerprint density at radius 1 is 1.22 bits per heavy atom. The molecule has 1 fully saturated rings. The van der Waals surface area contributed by atoms with E-state index in [9.17, 15) is 8.42 Å². The summed E-state index contributed by atoms with van der Waals surface area (Å²) in [5.41, 5.74) is 0.797. The van der Waals surface area contributed by atoms with Crippen LogP contribution in [0.5, 0.6) is 0 Å². The second-order valence-corrected chi connectivity index (χ2v) is 8.01. The first-order valence-electron chi connectivity index (χ1n) is 6.08. The summed E-state index contributed by atoms with van der Waals surface area (Å²) >= 11 is 3.34. The zero-order valence-electron chi connectivity index (χ0n) is 10.9. The van der Waals surface area contributed by atoms with Gasteiger partial charge in [0.05, 0.1) is 4.90 Å². The molecule has 1 aromatic carbocycles. The van der Waals surface area contributed by atoms with Crippen molar-refractivity contribution in [2.45, 2.75) is 25.7 Å². The highest BCUT2D eigenvalue weighted by atomic mass is 79.9. The zero-order chi connectivity index (χ0) is 13.5. The molecule has 100 valence electrons. The smallest absolute Gasteiger partial charge is 0.207 e. The van der Waals surface area contributed by atoms with Crippen molar-refractivity contribution in [3.05, 3.63) is 28.2 Å². The highest BCUT2D eigenvalue weighted by molar-refractivity contribution is 9.10. The van der Waals surface area contributed by atoms with Gasteiger partial charge in [-0.05, 0) is 36.5 Å². The maximum Gasteiger partial charge on any atom is 0.243 e. The monoisotopic (exact) mass is 331 g/mol.